The van der Waals surface area contributed by atoms with E-state index in [4.69, 9.17) is 32.7 Å². The molecule has 1 aromatic rings. The zero-order chi connectivity index (χ0) is 12.1. The highest BCUT2D eigenvalue weighted by atomic mass is 35.5. The Kier molecular flexibility index (Phi) is 5.35. The molecule has 0 aliphatic carbocycles. The number of anilines is 1. The minimum atomic E-state index is -0.311. The van der Waals surface area contributed by atoms with Gasteiger partial charge >= 0.3 is 0 Å². The zero-order valence-electron chi connectivity index (χ0n) is 9.46. The molecule has 0 aromatic heterocycles. The highest BCUT2D eigenvalue weighted by Gasteiger charge is 2.15. The van der Waals surface area contributed by atoms with Crippen LogP contribution in [0.25, 0.3) is 0 Å². The van der Waals surface area contributed by atoms with Gasteiger partial charge in [0, 0.05) is 19.9 Å². The van der Waals surface area contributed by atoms with E-state index in [9.17, 15) is 0 Å². The minimum Gasteiger partial charge on any atom is -0.377 e. The van der Waals surface area contributed by atoms with Gasteiger partial charge < -0.3 is 14.8 Å². The van der Waals surface area contributed by atoms with Crippen molar-refractivity contribution >= 4 is 28.9 Å². The van der Waals surface area contributed by atoms with Crippen molar-refractivity contribution in [1.29, 1.82) is 0 Å². The van der Waals surface area contributed by atoms with Crippen molar-refractivity contribution in [3.63, 3.8) is 0 Å². The molecule has 0 bridgehead atoms. The van der Waals surface area contributed by atoms with Crippen molar-refractivity contribution in [3.05, 3.63) is 28.2 Å². The van der Waals surface area contributed by atoms with E-state index in [1.54, 1.807) is 26.4 Å². The Hall–Kier alpha value is -0.480. The van der Waals surface area contributed by atoms with Gasteiger partial charge in [-0.3, -0.25) is 0 Å². The molecule has 5 heteroatoms. The summed E-state index contributed by atoms with van der Waals surface area (Å²) >= 11 is 11.7. The van der Waals surface area contributed by atoms with Crippen molar-refractivity contribution in [2.24, 2.45) is 0 Å². The molecule has 0 amide bonds. The Morgan fingerprint density at radius 1 is 1.12 bits per heavy atom. The molecule has 1 atom stereocenters. The Morgan fingerprint density at radius 2 is 1.75 bits per heavy atom. The van der Waals surface area contributed by atoms with E-state index >= 15 is 0 Å². The lowest BCUT2D eigenvalue weighted by molar-refractivity contribution is -0.109. The van der Waals surface area contributed by atoms with Crippen molar-refractivity contribution in [2.75, 3.05) is 19.5 Å². The molecule has 0 saturated carbocycles. The lowest BCUT2D eigenvalue weighted by atomic mass is 10.2. The molecule has 0 heterocycles. The fraction of sp³-hybridized carbons (Fsp3) is 0.455. The summed E-state index contributed by atoms with van der Waals surface area (Å²) in [5.41, 5.74) is 0.876. The molecule has 3 nitrogen and oxygen atoms in total. The molecular weight excluding hydrogens is 249 g/mol. The third-order valence-corrected chi connectivity index (χ3v) is 2.93. The Labute approximate surface area is 106 Å². The van der Waals surface area contributed by atoms with Crippen molar-refractivity contribution < 1.29 is 9.47 Å². The smallest absolute Gasteiger partial charge is 0.176 e. The van der Waals surface area contributed by atoms with Crippen LogP contribution in [0.4, 0.5) is 5.69 Å². The number of rotatable bonds is 5. The van der Waals surface area contributed by atoms with Crippen LogP contribution in [0.3, 0.4) is 0 Å². The first-order chi connectivity index (χ1) is 7.58. The van der Waals surface area contributed by atoms with Crippen LogP contribution in [0.2, 0.25) is 10.0 Å². The predicted octanol–water partition coefficient (Wildman–Crippen LogP) is 3.41. The van der Waals surface area contributed by atoms with Crippen LogP contribution in [-0.2, 0) is 9.47 Å². The van der Waals surface area contributed by atoms with Gasteiger partial charge in [-0.05, 0) is 25.1 Å². The van der Waals surface area contributed by atoms with Gasteiger partial charge in [0.25, 0.3) is 0 Å². The fourth-order valence-corrected chi connectivity index (χ4v) is 1.72. The molecule has 1 N–H and O–H groups in total. The Morgan fingerprint density at radius 3 is 2.25 bits per heavy atom. The van der Waals surface area contributed by atoms with Gasteiger partial charge in [0.2, 0.25) is 0 Å². The van der Waals surface area contributed by atoms with Gasteiger partial charge in [0.05, 0.1) is 16.1 Å². The van der Waals surface area contributed by atoms with E-state index in [1.807, 2.05) is 13.0 Å². The first kappa shape index (κ1) is 13.6. The highest BCUT2D eigenvalue weighted by Crippen LogP contribution is 2.25. The van der Waals surface area contributed by atoms with Crippen LogP contribution < -0.4 is 5.32 Å². The van der Waals surface area contributed by atoms with Gasteiger partial charge in [-0.25, -0.2) is 0 Å². The average Bonchev–Trinajstić information content (AvgIpc) is 2.25. The van der Waals surface area contributed by atoms with Crippen LogP contribution >= 0.6 is 23.2 Å². The molecule has 0 saturated heterocycles. The molecule has 16 heavy (non-hydrogen) atoms. The molecular formula is C11H15Cl2NO2. The number of ether oxygens (including phenoxy) is 2. The molecule has 0 aliphatic rings. The first-order valence-electron chi connectivity index (χ1n) is 4.85. The third-order valence-electron chi connectivity index (χ3n) is 2.19. The topological polar surface area (TPSA) is 30.5 Å². The first-order valence-corrected chi connectivity index (χ1v) is 5.61. The summed E-state index contributed by atoms with van der Waals surface area (Å²) in [6.45, 7) is 1.96. The third kappa shape index (κ3) is 3.52. The molecule has 0 radical (unpaired) electrons. The quantitative estimate of drug-likeness (QED) is 0.826. The lowest BCUT2D eigenvalue weighted by Gasteiger charge is -2.23. The van der Waals surface area contributed by atoms with E-state index in [-0.39, 0.29) is 12.3 Å². The number of nitrogens with one attached hydrogen (secondary N) is 1. The maximum atomic E-state index is 5.91. The van der Waals surface area contributed by atoms with Gasteiger partial charge in [-0.15, -0.1) is 0 Å². The van der Waals surface area contributed by atoms with Crippen LogP contribution in [-0.4, -0.2) is 26.6 Å². The second-order valence-electron chi connectivity index (χ2n) is 3.40. The van der Waals surface area contributed by atoms with Crippen molar-refractivity contribution in [2.45, 2.75) is 19.3 Å². The predicted molar refractivity (Wildman–Crippen MR) is 67.4 cm³/mol. The van der Waals surface area contributed by atoms with Crippen LogP contribution in [0.1, 0.15) is 6.92 Å². The van der Waals surface area contributed by atoms with Crippen LogP contribution in [0.5, 0.6) is 0 Å². The lowest BCUT2D eigenvalue weighted by Crippen LogP contribution is -2.33. The Bertz CT molecular complexity index is 343. The average molecular weight is 264 g/mol. The SMILES string of the molecule is COC(OC)C(C)Nc1ccc(Cl)c(Cl)c1. The molecule has 1 aromatic carbocycles. The highest BCUT2D eigenvalue weighted by molar-refractivity contribution is 6.42. The number of hydrogen-bond donors (Lipinski definition) is 1. The number of hydrogen-bond acceptors (Lipinski definition) is 3. The summed E-state index contributed by atoms with van der Waals surface area (Å²) in [6.07, 6.45) is -0.311. The summed E-state index contributed by atoms with van der Waals surface area (Å²) < 4.78 is 10.3. The largest absolute Gasteiger partial charge is 0.377 e. The van der Waals surface area contributed by atoms with Crippen LogP contribution in [0, 0.1) is 0 Å². The summed E-state index contributed by atoms with van der Waals surface area (Å²) in [5.74, 6) is 0. The van der Waals surface area contributed by atoms with Gasteiger partial charge in [0.1, 0.15) is 0 Å². The summed E-state index contributed by atoms with van der Waals surface area (Å²) in [7, 11) is 3.20. The van der Waals surface area contributed by atoms with Crippen LogP contribution in [0.15, 0.2) is 18.2 Å². The zero-order valence-corrected chi connectivity index (χ0v) is 11.0. The standard InChI is InChI=1S/C11H15Cl2NO2/c1-7(11(15-2)16-3)14-8-4-5-9(12)10(13)6-8/h4-7,11,14H,1-3H3. The normalized spacial score (nSPS) is 12.9. The molecule has 0 spiro atoms. The minimum absolute atomic E-state index is 0.00671. The maximum Gasteiger partial charge on any atom is 0.176 e. The number of benzene rings is 1. The Balaban J connectivity index is 2.69. The summed E-state index contributed by atoms with van der Waals surface area (Å²) in [6, 6.07) is 5.37. The second kappa shape index (κ2) is 6.30. The van der Waals surface area contributed by atoms with Crippen molar-refractivity contribution in [3.8, 4) is 0 Å². The van der Waals surface area contributed by atoms with E-state index in [1.165, 1.54) is 0 Å². The van der Waals surface area contributed by atoms with E-state index in [0.29, 0.717) is 10.0 Å². The van der Waals surface area contributed by atoms with Gasteiger partial charge in [-0.1, -0.05) is 23.2 Å². The van der Waals surface area contributed by atoms with E-state index in [0.717, 1.165) is 5.69 Å². The van der Waals surface area contributed by atoms with E-state index in [2.05, 4.69) is 5.32 Å². The summed E-state index contributed by atoms with van der Waals surface area (Å²) in [5, 5.41) is 4.27. The molecule has 1 unspecified atom stereocenters. The van der Waals surface area contributed by atoms with E-state index < -0.39 is 0 Å². The second-order valence-corrected chi connectivity index (χ2v) is 4.22. The summed E-state index contributed by atoms with van der Waals surface area (Å²) in [4.78, 5) is 0. The molecule has 0 aliphatic heterocycles. The molecule has 90 valence electrons. The maximum absolute atomic E-state index is 5.91. The van der Waals surface area contributed by atoms with Crippen molar-refractivity contribution in [1.82, 2.24) is 0 Å². The fourth-order valence-electron chi connectivity index (χ4n) is 1.42. The molecule has 1 rings (SSSR count). The van der Waals surface area contributed by atoms with Gasteiger partial charge in [-0.2, -0.15) is 0 Å². The van der Waals surface area contributed by atoms with Gasteiger partial charge in [0.15, 0.2) is 6.29 Å². The molecule has 0 fully saturated rings. The number of methoxy groups -OCH3 is 2. The number of halogens is 2. The monoisotopic (exact) mass is 263 g/mol.